The number of anilines is 1. The lowest BCUT2D eigenvalue weighted by molar-refractivity contribution is -0.385. The topological polar surface area (TPSA) is 68.5 Å². The maximum Gasteiger partial charge on any atom is 0.290 e. The Morgan fingerprint density at radius 1 is 1.32 bits per heavy atom. The van der Waals surface area contributed by atoms with E-state index in [0.29, 0.717) is 11.5 Å². The molecule has 1 aromatic carbocycles. The van der Waals surface area contributed by atoms with Crippen molar-refractivity contribution in [2.45, 2.75) is 26.2 Å². The van der Waals surface area contributed by atoms with Crippen molar-refractivity contribution in [2.24, 2.45) is 5.92 Å². The third-order valence-corrected chi connectivity index (χ3v) is 4.91. The van der Waals surface area contributed by atoms with E-state index in [1.54, 1.807) is 14.0 Å². The van der Waals surface area contributed by atoms with Crippen molar-refractivity contribution in [3.8, 4) is 5.75 Å². The summed E-state index contributed by atoms with van der Waals surface area (Å²) in [4.78, 5) is 17.0. The van der Waals surface area contributed by atoms with Crippen LogP contribution in [0.5, 0.6) is 5.75 Å². The zero-order valence-corrected chi connectivity index (χ0v) is 14.6. The third-order valence-electron chi connectivity index (χ3n) is 4.91. The second-order valence-corrected chi connectivity index (χ2v) is 6.53. The third kappa shape index (κ3) is 3.90. The van der Waals surface area contributed by atoms with Crippen molar-refractivity contribution < 1.29 is 9.66 Å². The number of ether oxygens (including phenoxy) is 1. The molecule has 132 valence electrons. The number of aryl methyl sites for hydroxylation is 1. The summed E-state index contributed by atoms with van der Waals surface area (Å²) in [7, 11) is 1.71. The number of piperidine rings is 1. The molecule has 2 aromatic rings. The minimum atomic E-state index is -0.383. The largest absolute Gasteiger partial charge is 0.496 e. The number of nitrogens with zero attached hydrogens (tertiary/aromatic N) is 3. The van der Waals surface area contributed by atoms with Gasteiger partial charge in [0.1, 0.15) is 17.8 Å². The molecule has 1 aliphatic rings. The lowest BCUT2D eigenvalue weighted by atomic mass is 9.90. The fourth-order valence-corrected chi connectivity index (χ4v) is 3.45. The van der Waals surface area contributed by atoms with Gasteiger partial charge in [0.05, 0.1) is 12.0 Å². The number of pyridine rings is 1. The molecule has 1 aliphatic heterocycles. The quantitative estimate of drug-likeness (QED) is 0.612. The number of aromatic nitrogens is 1. The molecule has 6 heteroatoms. The van der Waals surface area contributed by atoms with Crippen LogP contribution >= 0.6 is 0 Å². The average Bonchev–Trinajstić information content (AvgIpc) is 2.62. The average molecular weight is 341 g/mol. The van der Waals surface area contributed by atoms with Crippen molar-refractivity contribution in [3.05, 3.63) is 57.8 Å². The second-order valence-electron chi connectivity index (χ2n) is 6.53. The maximum atomic E-state index is 10.9. The summed E-state index contributed by atoms with van der Waals surface area (Å²) in [5.74, 6) is 2.41. The van der Waals surface area contributed by atoms with Gasteiger partial charge >= 0.3 is 0 Å². The van der Waals surface area contributed by atoms with Gasteiger partial charge in [0.25, 0.3) is 5.69 Å². The van der Waals surface area contributed by atoms with Gasteiger partial charge < -0.3 is 9.64 Å². The molecule has 0 atom stereocenters. The lowest BCUT2D eigenvalue weighted by Crippen LogP contribution is -2.34. The highest BCUT2D eigenvalue weighted by Crippen LogP contribution is 2.29. The van der Waals surface area contributed by atoms with Gasteiger partial charge in [-0.1, -0.05) is 18.2 Å². The summed E-state index contributed by atoms with van der Waals surface area (Å²) < 4.78 is 5.45. The number of rotatable bonds is 5. The van der Waals surface area contributed by atoms with E-state index in [1.807, 2.05) is 18.2 Å². The van der Waals surface area contributed by atoms with E-state index in [1.165, 1.54) is 11.8 Å². The monoisotopic (exact) mass is 341 g/mol. The molecule has 1 saturated heterocycles. The smallest absolute Gasteiger partial charge is 0.290 e. The van der Waals surface area contributed by atoms with E-state index in [9.17, 15) is 10.1 Å². The molecule has 0 N–H and O–H groups in total. The van der Waals surface area contributed by atoms with Gasteiger partial charge in [-0.15, -0.1) is 0 Å². The number of hydrogen-bond acceptors (Lipinski definition) is 5. The Kier molecular flexibility index (Phi) is 5.16. The van der Waals surface area contributed by atoms with Gasteiger partial charge in [-0.2, -0.15) is 0 Å². The number of methoxy groups -OCH3 is 1. The summed E-state index contributed by atoms with van der Waals surface area (Å²) >= 11 is 0. The summed E-state index contributed by atoms with van der Waals surface area (Å²) in [5.41, 5.74) is 1.99. The molecule has 0 bridgehead atoms. The van der Waals surface area contributed by atoms with Gasteiger partial charge in [0.15, 0.2) is 0 Å². The maximum absolute atomic E-state index is 10.9. The first-order valence-corrected chi connectivity index (χ1v) is 8.56. The summed E-state index contributed by atoms with van der Waals surface area (Å²) in [5, 5.41) is 10.9. The molecule has 1 aromatic heterocycles. The molecule has 6 nitrogen and oxygen atoms in total. The predicted molar refractivity (Wildman–Crippen MR) is 97.3 cm³/mol. The number of benzene rings is 1. The van der Waals surface area contributed by atoms with Crippen LogP contribution < -0.4 is 9.64 Å². The van der Waals surface area contributed by atoms with Crippen LogP contribution in [-0.2, 0) is 6.42 Å². The van der Waals surface area contributed by atoms with Crippen molar-refractivity contribution in [3.63, 3.8) is 0 Å². The Labute approximate surface area is 147 Å². The molecule has 0 aliphatic carbocycles. The first-order valence-electron chi connectivity index (χ1n) is 8.56. The van der Waals surface area contributed by atoms with Crippen LogP contribution in [0.1, 0.15) is 24.0 Å². The Balaban J connectivity index is 1.62. The molecule has 2 heterocycles. The minimum Gasteiger partial charge on any atom is -0.496 e. The van der Waals surface area contributed by atoms with Crippen LogP contribution in [0.25, 0.3) is 0 Å². The van der Waals surface area contributed by atoms with E-state index in [2.05, 4.69) is 22.0 Å². The summed E-state index contributed by atoms with van der Waals surface area (Å²) in [6.07, 6.45) is 4.54. The van der Waals surface area contributed by atoms with Crippen LogP contribution in [0, 0.1) is 23.0 Å². The molecule has 0 saturated carbocycles. The van der Waals surface area contributed by atoms with Crippen LogP contribution in [0.3, 0.4) is 0 Å². The molecule has 0 unspecified atom stereocenters. The fourth-order valence-electron chi connectivity index (χ4n) is 3.45. The van der Waals surface area contributed by atoms with Gasteiger partial charge in [-0.3, -0.25) is 10.1 Å². The molecular weight excluding hydrogens is 318 g/mol. The predicted octanol–water partition coefficient (Wildman–Crippen LogP) is 3.77. The standard InChI is InChI=1S/C19H23N3O3/c1-14-11-19(20-13-17(14)22(23)24)21-9-7-15(8-10-21)12-16-5-3-4-6-18(16)25-2/h3-6,11,13,15H,7-10,12H2,1-2H3. The zero-order chi connectivity index (χ0) is 17.8. The van der Waals surface area contributed by atoms with Gasteiger partial charge in [0, 0.05) is 18.7 Å². The van der Waals surface area contributed by atoms with E-state index < -0.39 is 0 Å². The van der Waals surface area contributed by atoms with E-state index in [4.69, 9.17) is 4.74 Å². The van der Waals surface area contributed by atoms with Crippen LogP contribution in [0.2, 0.25) is 0 Å². The highest BCUT2D eigenvalue weighted by Gasteiger charge is 2.22. The Morgan fingerprint density at radius 3 is 2.68 bits per heavy atom. The Morgan fingerprint density at radius 2 is 2.04 bits per heavy atom. The lowest BCUT2D eigenvalue weighted by Gasteiger charge is -2.33. The minimum absolute atomic E-state index is 0.0785. The highest BCUT2D eigenvalue weighted by atomic mass is 16.6. The Bertz CT molecular complexity index is 755. The van der Waals surface area contributed by atoms with Gasteiger partial charge in [0.2, 0.25) is 0 Å². The van der Waals surface area contributed by atoms with Crippen molar-refractivity contribution in [2.75, 3.05) is 25.1 Å². The molecule has 25 heavy (non-hydrogen) atoms. The van der Waals surface area contributed by atoms with Crippen LogP contribution in [0.15, 0.2) is 36.5 Å². The van der Waals surface area contributed by atoms with Crippen LogP contribution in [-0.4, -0.2) is 30.1 Å². The van der Waals surface area contributed by atoms with E-state index in [0.717, 1.165) is 43.9 Å². The SMILES string of the molecule is COc1ccccc1CC1CCN(c2cc(C)c([N+](=O)[O-])cn2)CC1. The summed E-state index contributed by atoms with van der Waals surface area (Å²) in [6.45, 7) is 3.60. The Hall–Kier alpha value is -2.63. The van der Waals surface area contributed by atoms with Crippen LogP contribution in [0.4, 0.5) is 11.5 Å². The zero-order valence-electron chi connectivity index (χ0n) is 14.6. The molecule has 1 fully saturated rings. The molecule has 0 amide bonds. The van der Waals surface area contributed by atoms with Gasteiger partial charge in [-0.05, 0) is 49.8 Å². The van der Waals surface area contributed by atoms with Crippen molar-refractivity contribution >= 4 is 11.5 Å². The first kappa shape index (κ1) is 17.2. The first-order chi connectivity index (χ1) is 12.1. The highest BCUT2D eigenvalue weighted by molar-refractivity contribution is 5.48. The molecule has 0 radical (unpaired) electrons. The van der Waals surface area contributed by atoms with E-state index >= 15 is 0 Å². The molecular formula is C19H23N3O3. The normalized spacial score (nSPS) is 15.2. The summed E-state index contributed by atoms with van der Waals surface area (Å²) in [6, 6.07) is 10.0. The molecule has 3 rings (SSSR count). The molecule has 0 spiro atoms. The van der Waals surface area contributed by atoms with Crippen molar-refractivity contribution in [1.29, 1.82) is 0 Å². The fraction of sp³-hybridized carbons (Fsp3) is 0.421. The second kappa shape index (κ2) is 7.51. The van der Waals surface area contributed by atoms with E-state index in [-0.39, 0.29) is 10.6 Å². The number of nitro groups is 1. The number of para-hydroxylation sites is 1. The van der Waals surface area contributed by atoms with Gasteiger partial charge in [-0.25, -0.2) is 4.98 Å². The van der Waals surface area contributed by atoms with Crippen molar-refractivity contribution in [1.82, 2.24) is 4.98 Å². The number of hydrogen-bond donors (Lipinski definition) is 0.